The van der Waals surface area contributed by atoms with Crippen LogP contribution in [0.4, 0.5) is 5.69 Å². The fourth-order valence-corrected chi connectivity index (χ4v) is 3.13. The van der Waals surface area contributed by atoms with Crippen LogP contribution in [-0.4, -0.2) is 26.8 Å². The zero-order chi connectivity index (χ0) is 18.6. The van der Waals surface area contributed by atoms with Gasteiger partial charge in [0.2, 0.25) is 11.8 Å². The first-order chi connectivity index (χ1) is 13.2. The fourth-order valence-electron chi connectivity index (χ4n) is 2.44. The van der Waals surface area contributed by atoms with Crippen LogP contribution in [0.1, 0.15) is 0 Å². The first kappa shape index (κ1) is 17.5. The third-order valence-electron chi connectivity index (χ3n) is 3.70. The summed E-state index contributed by atoms with van der Waals surface area (Å²) in [5.41, 5.74) is 2.29. The molecule has 134 valence electrons. The topological polar surface area (TPSA) is 80.9 Å². The van der Waals surface area contributed by atoms with E-state index >= 15 is 0 Å². The molecule has 2 heterocycles. The molecule has 0 bridgehead atoms. The van der Waals surface area contributed by atoms with Crippen molar-refractivity contribution in [1.29, 1.82) is 0 Å². The van der Waals surface area contributed by atoms with E-state index in [-0.39, 0.29) is 11.7 Å². The summed E-state index contributed by atoms with van der Waals surface area (Å²) in [6.07, 6.45) is 1.64. The van der Waals surface area contributed by atoms with Crippen molar-refractivity contribution >= 4 is 45.9 Å². The Morgan fingerprint density at radius 3 is 2.78 bits per heavy atom. The molecule has 4 rings (SSSR count). The van der Waals surface area contributed by atoms with E-state index in [1.54, 1.807) is 30.5 Å². The Bertz CT molecular complexity index is 1100. The zero-order valence-electron chi connectivity index (χ0n) is 13.9. The molecule has 27 heavy (non-hydrogen) atoms. The van der Waals surface area contributed by atoms with Gasteiger partial charge in [0.25, 0.3) is 5.22 Å². The van der Waals surface area contributed by atoms with Gasteiger partial charge in [-0.3, -0.25) is 9.78 Å². The van der Waals surface area contributed by atoms with Gasteiger partial charge in [-0.25, -0.2) is 0 Å². The van der Waals surface area contributed by atoms with Crippen molar-refractivity contribution in [3.63, 3.8) is 0 Å². The maximum absolute atomic E-state index is 12.2. The first-order valence-corrected chi connectivity index (χ1v) is 9.41. The summed E-state index contributed by atoms with van der Waals surface area (Å²) >= 11 is 7.04. The van der Waals surface area contributed by atoms with Gasteiger partial charge in [-0.1, -0.05) is 41.6 Å². The van der Waals surface area contributed by atoms with Crippen molar-refractivity contribution in [2.24, 2.45) is 0 Å². The van der Waals surface area contributed by atoms with Gasteiger partial charge in [-0.15, -0.1) is 10.2 Å². The number of carbonyl (C=O) groups is 1. The van der Waals surface area contributed by atoms with Gasteiger partial charge in [-0.2, -0.15) is 0 Å². The summed E-state index contributed by atoms with van der Waals surface area (Å²) in [5.74, 6) is 0.353. The third-order valence-corrected chi connectivity index (χ3v) is 4.77. The molecule has 8 heteroatoms. The molecule has 2 aromatic carbocycles. The van der Waals surface area contributed by atoms with E-state index < -0.39 is 0 Å². The molecule has 6 nitrogen and oxygen atoms in total. The highest BCUT2D eigenvalue weighted by molar-refractivity contribution is 7.99. The van der Waals surface area contributed by atoms with Crippen LogP contribution in [0.3, 0.4) is 0 Å². The molecule has 2 aromatic heterocycles. The minimum atomic E-state index is -0.177. The number of thioether (sulfide) groups is 1. The van der Waals surface area contributed by atoms with Crippen molar-refractivity contribution in [3.8, 4) is 11.5 Å². The molecule has 0 saturated heterocycles. The number of rotatable bonds is 5. The Morgan fingerprint density at radius 1 is 1.11 bits per heavy atom. The smallest absolute Gasteiger partial charge is 0.277 e. The van der Waals surface area contributed by atoms with E-state index in [0.29, 0.717) is 21.8 Å². The highest BCUT2D eigenvalue weighted by Gasteiger charge is 2.11. The van der Waals surface area contributed by atoms with Gasteiger partial charge >= 0.3 is 0 Å². The number of fused-ring (bicyclic) bond motifs is 1. The maximum atomic E-state index is 12.2. The molecular formula is C19H13ClN4O2S. The van der Waals surface area contributed by atoms with Gasteiger partial charge in [0.05, 0.1) is 23.2 Å². The summed E-state index contributed by atoms with van der Waals surface area (Å²) < 4.78 is 5.57. The van der Waals surface area contributed by atoms with Crippen LogP contribution < -0.4 is 5.32 Å². The molecule has 0 unspecified atom stereocenters. The lowest BCUT2D eigenvalue weighted by Crippen LogP contribution is -2.14. The largest absolute Gasteiger partial charge is 0.411 e. The number of para-hydroxylation sites is 1. The molecule has 0 aliphatic rings. The fraction of sp³-hybridized carbons (Fsp3) is 0.0526. The second-order valence-electron chi connectivity index (χ2n) is 5.63. The van der Waals surface area contributed by atoms with E-state index in [0.717, 1.165) is 16.5 Å². The molecule has 1 amide bonds. The van der Waals surface area contributed by atoms with Crippen molar-refractivity contribution in [2.45, 2.75) is 5.22 Å². The van der Waals surface area contributed by atoms with Crippen LogP contribution in [0.5, 0.6) is 0 Å². The zero-order valence-corrected chi connectivity index (χ0v) is 15.5. The SMILES string of the molecule is O=C(CSc1nnc(-c2ccc(Cl)cc2)o1)Nc1cnc2ccccc2c1. The van der Waals surface area contributed by atoms with Crippen molar-refractivity contribution in [3.05, 3.63) is 65.8 Å². The van der Waals surface area contributed by atoms with Crippen LogP contribution in [0, 0.1) is 0 Å². The molecule has 0 spiro atoms. The minimum absolute atomic E-state index is 0.148. The molecule has 0 atom stereocenters. The third kappa shape index (κ3) is 4.27. The number of anilines is 1. The average molecular weight is 397 g/mol. The van der Waals surface area contributed by atoms with Gasteiger partial charge in [0.15, 0.2) is 0 Å². The average Bonchev–Trinajstić information content (AvgIpc) is 3.16. The van der Waals surface area contributed by atoms with Crippen LogP contribution in [0.25, 0.3) is 22.4 Å². The summed E-state index contributed by atoms with van der Waals surface area (Å²) in [5, 5.41) is 12.7. The Kier molecular flexibility index (Phi) is 5.04. The Labute approximate surface area is 164 Å². The quantitative estimate of drug-likeness (QED) is 0.494. The van der Waals surface area contributed by atoms with E-state index in [1.807, 2.05) is 30.3 Å². The van der Waals surface area contributed by atoms with Gasteiger partial charge in [0, 0.05) is 16.0 Å². The predicted molar refractivity (Wildman–Crippen MR) is 106 cm³/mol. The molecule has 0 aliphatic carbocycles. The lowest BCUT2D eigenvalue weighted by Gasteiger charge is -2.05. The van der Waals surface area contributed by atoms with Crippen molar-refractivity contribution in [2.75, 3.05) is 11.1 Å². The number of aromatic nitrogens is 3. The number of carbonyl (C=O) groups excluding carboxylic acids is 1. The van der Waals surface area contributed by atoms with Crippen LogP contribution in [0.2, 0.25) is 5.02 Å². The standard InChI is InChI=1S/C19H13ClN4O2S/c20-14-7-5-12(6-8-14)18-23-24-19(26-18)27-11-17(25)22-15-9-13-3-1-2-4-16(13)21-10-15/h1-10H,11H2,(H,22,25). The number of hydrogen-bond donors (Lipinski definition) is 1. The van der Waals surface area contributed by atoms with Crippen LogP contribution in [-0.2, 0) is 4.79 Å². The van der Waals surface area contributed by atoms with Gasteiger partial charge < -0.3 is 9.73 Å². The summed E-state index contributed by atoms with van der Waals surface area (Å²) in [4.78, 5) is 16.5. The van der Waals surface area contributed by atoms with E-state index in [1.165, 1.54) is 11.8 Å². The monoisotopic (exact) mass is 396 g/mol. The lowest BCUT2D eigenvalue weighted by molar-refractivity contribution is -0.113. The molecule has 4 aromatic rings. The summed E-state index contributed by atoms with van der Waals surface area (Å²) in [7, 11) is 0. The van der Waals surface area contributed by atoms with Gasteiger partial charge in [0.1, 0.15) is 0 Å². The number of nitrogens with one attached hydrogen (secondary N) is 1. The Morgan fingerprint density at radius 2 is 1.93 bits per heavy atom. The number of nitrogens with zero attached hydrogens (tertiary/aromatic N) is 3. The van der Waals surface area contributed by atoms with E-state index in [9.17, 15) is 4.79 Å². The summed E-state index contributed by atoms with van der Waals surface area (Å²) in [6.45, 7) is 0. The second kappa shape index (κ2) is 7.77. The number of hydrogen-bond acceptors (Lipinski definition) is 6. The Hall–Kier alpha value is -2.90. The van der Waals surface area contributed by atoms with Crippen LogP contribution >= 0.6 is 23.4 Å². The molecular weight excluding hydrogens is 384 g/mol. The number of amides is 1. The minimum Gasteiger partial charge on any atom is -0.411 e. The molecule has 0 fully saturated rings. The molecule has 1 N–H and O–H groups in total. The predicted octanol–water partition coefficient (Wildman–Crippen LogP) is 4.67. The number of benzene rings is 2. The summed E-state index contributed by atoms with van der Waals surface area (Å²) in [6, 6.07) is 16.7. The van der Waals surface area contributed by atoms with Crippen molar-refractivity contribution in [1.82, 2.24) is 15.2 Å². The van der Waals surface area contributed by atoms with Gasteiger partial charge in [-0.05, 0) is 36.4 Å². The Balaban J connectivity index is 1.37. The molecule has 0 saturated carbocycles. The van der Waals surface area contributed by atoms with E-state index in [4.69, 9.17) is 16.0 Å². The normalized spacial score (nSPS) is 10.9. The number of pyridine rings is 1. The number of halogens is 1. The first-order valence-electron chi connectivity index (χ1n) is 8.04. The lowest BCUT2D eigenvalue weighted by atomic mass is 10.2. The highest BCUT2D eigenvalue weighted by Crippen LogP contribution is 2.24. The van der Waals surface area contributed by atoms with E-state index in [2.05, 4.69) is 20.5 Å². The second-order valence-corrected chi connectivity index (χ2v) is 7.00. The molecule has 0 aliphatic heterocycles. The maximum Gasteiger partial charge on any atom is 0.277 e. The van der Waals surface area contributed by atoms with Crippen molar-refractivity contribution < 1.29 is 9.21 Å². The van der Waals surface area contributed by atoms with Crippen LogP contribution in [0.15, 0.2) is 70.4 Å². The molecule has 0 radical (unpaired) electrons. The highest BCUT2D eigenvalue weighted by atomic mass is 35.5.